The van der Waals surface area contributed by atoms with Crippen molar-refractivity contribution in [3.63, 3.8) is 0 Å². The molecule has 3 heteroatoms. The zero-order valence-corrected chi connectivity index (χ0v) is 8.70. The summed E-state index contributed by atoms with van der Waals surface area (Å²) >= 11 is 11.7. The molecule has 1 aromatic carbocycles. The largest absolute Gasteiger partial charge is 0.382 e. The zero-order valence-electron chi connectivity index (χ0n) is 7.19. The third-order valence-corrected chi connectivity index (χ3v) is 3.13. The Bertz CT molecular complexity index is 308. The molecule has 0 aliphatic heterocycles. The van der Waals surface area contributed by atoms with Crippen LogP contribution in [0.3, 0.4) is 0 Å². The number of anilines is 1. The molecule has 1 saturated carbocycles. The van der Waals surface area contributed by atoms with Gasteiger partial charge >= 0.3 is 0 Å². The van der Waals surface area contributed by atoms with E-state index >= 15 is 0 Å². The molecule has 2 rings (SSSR count). The molecule has 0 spiro atoms. The molecule has 1 aliphatic rings. The Balaban J connectivity index is 2.07. The Morgan fingerprint density at radius 2 is 1.92 bits per heavy atom. The van der Waals surface area contributed by atoms with Crippen molar-refractivity contribution in [3.05, 3.63) is 28.2 Å². The van der Waals surface area contributed by atoms with Gasteiger partial charge in [-0.1, -0.05) is 23.2 Å². The molecule has 0 bridgehead atoms. The van der Waals surface area contributed by atoms with Gasteiger partial charge in [0.15, 0.2) is 0 Å². The lowest BCUT2D eigenvalue weighted by Crippen LogP contribution is -2.26. The van der Waals surface area contributed by atoms with E-state index in [0.717, 1.165) is 5.69 Å². The first-order valence-corrected chi connectivity index (χ1v) is 5.23. The monoisotopic (exact) mass is 215 g/mol. The van der Waals surface area contributed by atoms with Gasteiger partial charge in [-0.25, -0.2) is 0 Å². The summed E-state index contributed by atoms with van der Waals surface area (Å²) in [7, 11) is 0. The minimum absolute atomic E-state index is 0.612. The molecule has 0 saturated heterocycles. The smallest absolute Gasteiger partial charge is 0.0612 e. The van der Waals surface area contributed by atoms with Crippen LogP contribution < -0.4 is 5.32 Å². The van der Waals surface area contributed by atoms with E-state index < -0.39 is 0 Å². The van der Waals surface area contributed by atoms with Gasteiger partial charge in [-0.3, -0.25) is 0 Å². The van der Waals surface area contributed by atoms with Crippen molar-refractivity contribution in [1.82, 2.24) is 0 Å². The van der Waals surface area contributed by atoms with Crippen molar-refractivity contribution in [2.24, 2.45) is 0 Å². The van der Waals surface area contributed by atoms with Crippen molar-refractivity contribution in [2.75, 3.05) is 5.32 Å². The molecule has 0 radical (unpaired) electrons. The molecule has 1 nitrogen and oxygen atoms in total. The summed E-state index contributed by atoms with van der Waals surface area (Å²) in [5, 5.41) is 4.63. The molecular weight excluding hydrogens is 205 g/mol. The topological polar surface area (TPSA) is 12.0 Å². The van der Waals surface area contributed by atoms with Crippen LogP contribution in [0.5, 0.6) is 0 Å². The van der Waals surface area contributed by atoms with E-state index in [1.807, 2.05) is 18.2 Å². The average Bonchev–Trinajstić information content (AvgIpc) is 2.04. The third kappa shape index (κ3) is 2.09. The van der Waals surface area contributed by atoms with E-state index in [9.17, 15) is 0 Å². The van der Waals surface area contributed by atoms with Crippen molar-refractivity contribution in [2.45, 2.75) is 25.3 Å². The fourth-order valence-corrected chi connectivity index (χ4v) is 1.67. The van der Waals surface area contributed by atoms with Crippen LogP contribution in [-0.2, 0) is 0 Å². The molecule has 0 aromatic heterocycles. The highest BCUT2D eigenvalue weighted by Crippen LogP contribution is 2.28. The molecule has 0 heterocycles. The Hall–Kier alpha value is -0.400. The lowest BCUT2D eigenvalue weighted by molar-refractivity contribution is 0.445. The summed E-state index contributed by atoms with van der Waals surface area (Å²) in [6, 6.07) is 6.30. The van der Waals surface area contributed by atoms with Gasteiger partial charge in [-0.05, 0) is 37.5 Å². The maximum Gasteiger partial charge on any atom is 0.0612 e. The fraction of sp³-hybridized carbons (Fsp3) is 0.400. The summed E-state index contributed by atoms with van der Waals surface area (Å²) in [6.07, 6.45) is 3.86. The van der Waals surface area contributed by atoms with Crippen LogP contribution in [0.25, 0.3) is 0 Å². The average molecular weight is 216 g/mol. The summed E-state index contributed by atoms with van der Waals surface area (Å²) in [5.41, 5.74) is 1.07. The van der Waals surface area contributed by atoms with Gasteiger partial charge in [0.2, 0.25) is 0 Å². The maximum absolute atomic E-state index is 5.89. The van der Waals surface area contributed by atoms with Gasteiger partial charge in [0.1, 0.15) is 0 Å². The van der Waals surface area contributed by atoms with Crippen molar-refractivity contribution >= 4 is 28.9 Å². The summed E-state index contributed by atoms with van der Waals surface area (Å²) in [6.45, 7) is 0. The Morgan fingerprint density at radius 3 is 2.46 bits per heavy atom. The first-order valence-electron chi connectivity index (χ1n) is 4.47. The minimum Gasteiger partial charge on any atom is -0.382 e. The first-order chi connectivity index (χ1) is 6.25. The summed E-state index contributed by atoms with van der Waals surface area (Å²) < 4.78 is 0. The van der Waals surface area contributed by atoms with E-state index in [1.54, 1.807) is 0 Å². The quantitative estimate of drug-likeness (QED) is 0.788. The minimum atomic E-state index is 0.612. The molecule has 1 aromatic rings. The molecule has 70 valence electrons. The number of benzene rings is 1. The Labute approximate surface area is 88.0 Å². The molecule has 0 atom stereocenters. The summed E-state index contributed by atoms with van der Waals surface area (Å²) in [4.78, 5) is 0. The number of rotatable bonds is 2. The van der Waals surface area contributed by atoms with Crippen LogP contribution in [0.4, 0.5) is 5.69 Å². The predicted octanol–water partition coefficient (Wildman–Crippen LogP) is 3.96. The van der Waals surface area contributed by atoms with Crippen molar-refractivity contribution < 1.29 is 0 Å². The van der Waals surface area contributed by atoms with Crippen molar-refractivity contribution in [1.29, 1.82) is 0 Å². The number of halogens is 2. The van der Waals surface area contributed by atoms with Gasteiger partial charge in [0, 0.05) is 11.7 Å². The van der Waals surface area contributed by atoms with Crippen LogP contribution >= 0.6 is 23.2 Å². The zero-order chi connectivity index (χ0) is 9.26. The molecule has 1 aliphatic carbocycles. The SMILES string of the molecule is Clc1ccc(NC2CCC2)cc1Cl. The fourth-order valence-electron chi connectivity index (χ4n) is 1.37. The molecule has 0 amide bonds. The summed E-state index contributed by atoms with van der Waals surface area (Å²) in [5.74, 6) is 0. The number of hydrogen-bond acceptors (Lipinski definition) is 1. The molecule has 0 unspecified atom stereocenters. The van der Waals surface area contributed by atoms with E-state index in [0.29, 0.717) is 16.1 Å². The molecule has 13 heavy (non-hydrogen) atoms. The molecule has 1 fully saturated rings. The molecular formula is C10H11Cl2N. The van der Waals surface area contributed by atoms with Gasteiger partial charge in [-0.15, -0.1) is 0 Å². The van der Waals surface area contributed by atoms with Crippen LogP contribution in [-0.4, -0.2) is 6.04 Å². The van der Waals surface area contributed by atoms with Crippen LogP contribution in [0.2, 0.25) is 10.0 Å². The second kappa shape index (κ2) is 3.77. The van der Waals surface area contributed by atoms with E-state index in [4.69, 9.17) is 23.2 Å². The maximum atomic E-state index is 5.89. The normalized spacial score (nSPS) is 16.8. The predicted molar refractivity (Wildman–Crippen MR) is 57.7 cm³/mol. The van der Waals surface area contributed by atoms with E-state index in [2.05, 4.69) is 5.32 Å². The Kier molecular flexibility index (Phi) is 2.66. The second-order valence-corrected chi connectivity index (χ2v) is 4.22. The lowest BCUT2D eigenvalue weighted by Gasteiger charge is -2.27. The highest BCUT2D eigenvalue weighted by Gasteiger charge is 2.16. The highest BCUT2D eigenvalue weighted by atomic mass is 35.5. The van der Waals surface area contributed by atoms with Gasteiger partial charge < -0.3 is 5.32 Å². The van der Waals surface area contributed by atoms with Crippen molar-refractivity contribution in [3.8, 4) is 0 Å². The highest BCUT2D eigenvalue weighted by molar-refractivity contribution is 6.42. The van der Waals surface area contributed by atoms with Crippen LogP contribution in [0, 0.1) is 0 Å². The van der Waals surface area contributed by atoms with Gasteiger partial charge in [0.05, 0.1) is 10.0 Å². The van der Waals surface area contributed by atoms with Crippen LogP contribution in [0.1, 0.15) is 19.3 Å². The Morgan fingerprint density at radius 1 is 1.15 bits per heavy atom. The first kappa shape index (κ1) is 9.17. The van der Waals surface area contributed by atoms with Crippen LogP contribution in [0.15, 0.2) is 18.2 Å². The third-order valence-electron chi connectivity index (χ3n) is 2.40. The van der Waals surface area contributed by atoms with Gasteiger partial charge in [-0.2, -0.15) is 0 Å². The number of hydrogen-bond donors (Lipinski definition) is 1. The molecule has 1 N–H and O–H groups in total. The number of nitrogens with one attached hydrogen (secondary N) is 1. The van der Waals surface area contributed by atoms with Gasteiger partial charge in [0.25, 0.3) is 0 Å². The second-order valence-electron chi connectivity index (χ2n) is 3.40. The standard InChI is InChI=1S/C10H11Cl2N/c11-9-5-4-8(6-10(9)12)13-7-2-1-3-7/h4-7,13H,1-3H2. The van der Waals surface area contributed by atoms with E-state index in [-0.39, 0.29) is 0 Å². The lowest BCUT2D eigenvalue weighted by atomic mass is 9.93. The van der Waals surface area contributed by atoms with E-state index in [1.165, 1.54) is 19.3 Å².